The second-order valence-electron chi connectivity index (χ2n) is 7.35. The van der Waals surface area contributed by atoms with Gasteiger partial charge in [-0.1, -0.05) is 11.8 Å². The zero-order valence-corrected chi connectivity index (χ0v) is 19.9. The Morgan fingerprint density at radius 1 is 1.06 bits per heavy atom. The standard InChI is InChI=1S/C23H25F3N4O3S/c1-5-30-20(14(2)33-19-12-10-18(32-4)11-13-19)28-29-22(30)34-15(3)21(31)27-17-8-6-16(7-9-17)23(24,25)26/h6-15H,5H2,1-4H3,(H,27,31). The fourth-order valence-corrected chi connectivity index (χ4v) is 4.01. The van der Waals surface area contributed by atoms with Crippen molar-refractivity contribution in [1.29, 1.82) is 0 Å². The third-order valence-corrected chi connectivity index (χ3v) is 6.01. The van der Waals surface area contributed by atoms with Crippen LogP contribution in [0.4, 0.5) is 18.9 Å². The van der Waals surface area contributed by atoms with Crippen LogP contribution >= 0.6 is 11.8 Å². The van der Waals surface area contributed by atoms with Crippen LogP contribution in [0.5, 0.6) is 11.5 Å². The fourth-order valence-electron chi connectivity index (χ4n) is 3.09. The van der Waals surface area contributed by atoms with Crippen molar-refractivity contribution in [3.63, 3.8) is 0 Å². The van der Waals surface area contributed by atoms with E-state index in [4.69, 9.17) is 9.47 Å². The predicted octanol–water partition coefficient (Wildman–Crippen LogP) is 5.58. The lowest BCUT2D eigenvalue weighted by molar-refractivity contribution is -0.137. The van der Waals surface area contributed by atoms with E-state index >= 15 is 0 Å². The molecule has 0 spiro atoms. The van der Waals surface area contributed by atoms with Crippen molar-refractivity contribution >= 4 is 23.4 Å². The molecule has 0 saturated heterocycles. The number of anilines is 1. The van der Waals surface area contributed by atoms with Gasteiger partial charge in [0.15, 0.2) is 17.1 Å². The Balaban J connectivity index is 1.65. The van der Waals surface area contributed by atoms with Crippen molar-refractivity contribution < 1.29 is 27.4 Å². The molecule has 3 aromatic rings. The minimum absolute atomic E-state index is 0.282. The van der Waals surface area contributed by atoms with Crippen molar-refractivity contribution in [2.24, 2.45) is 0 Å². The number of aromatic nitrogens is 3. The molecule has 1 heterocycles. The summed E-state index contributed by atoms with van der Waals surface area (Å²) in [5.41, 5.74) is -0.493. The summed E-state index contributed by atoms with van der Waals surface area (Å²) in [5.74, 6) is 1.62. The lowest BCUT2D eigenvalue weighted by Gasteiger charge is -2.17. The largest absolute Gasteiger partial charge is 0.497 e. The highest BCUT2D eigenvalue weighted by Gasteiger charge is 2.30. The maximum absolute atomic E-state index is 12.7. The first-order valence-corrected chi connectivity index (χ1v) is 11.4. The molecule has 182 valence electrons. The average Bonchev–Trinajstić information content (AvgIpc) is 3.21. The summed E-state index contributed by atoms with van der Waals surface area (Å²) in [6.45, 7) is 6.05. The van der Waals surface area contributed by atoms with Crippen LogP contribution in [-0.4, -0.2) is 33.0 Å². The van der Waals surface area contributed by atoms with Gasteiger partial charge < -0.3 is 19.4 Å². The molecule has 7 nitrogen and oxygen atoms in total. The molecule has 0 aliphatic rings. The molecule has 0 saturated carbocycles. The summed E-state index contributed by atoms with van der Waals surface area (Å²) in [6, 6.07) is 11.5. The van der Waals surface area contributed by atoms with E-state index in [-0.39, 0.29) is 11.6 Å². The number of halogens is 3. The van der Waals surface area contributed by atoms with Gasteiger partial charge in [-0.25, -0.2) is 0 Å². The number of thioether (sulfide) groups is 1. The third-order valence-electron chi connectivity index (χ3n) is 4.93. The average molecular weight is 495 g/mol. The van der Waals surface area contributed by atoms with Crippen molar-refractivity contribution in [3.8, 4) is 11.5 Å². The Morgan fingerprint density at radius 2 is 1.68 bits per heavy atom. The Morgan fingerprint density at radius 3 is 2.24 bits per heavy atom. The molecule has 11 heteroatoms. The van der Waals surface area contributed by atoms with E-state index < -0.39 is 23.1 Å². The van der Waals surface area contributed by atoms with Crippen LogP contribution in [-0.2, 0) is 17.5 Å². The van der Waals surface area contributed by atoms with Crippen molar-refractivity contribution in [2.75, 3.05) is 12.4 Å². The molecule has 1 aromatic heterocycles. The van der Waals surface area contributed by atoms with Crippen molar-refractivity contribution in [3.05, 3.63) is 59.9 Å². The normalized spacial score (nSPS) is 13.3. The number of nitrogens with zero attached hydrogens (tertiary/aromatic N) is 3. The number of benzene rings is 2. The Labute approximate surface area is 199 Å². The molecule has 1 N–H and O–H groups in total. The highest BCUT2D eigenvalue weighted by Crippen LogP contribution is 2.31. The summed E-state index contributed by atoms with van der Waals surface area (Å²) in [7, 11) is 1.59. The van der Waals surface area contributed by atoms with E-state index in [1.165, 1.54) is 23.9 Å². The molecule has 0 bridgehead atoms. The zero-order chi connectivity index (χ0) is 24.9. The van der Waals surface area contributed by atoms with E-state index in [0.717, 1.165) is 17.9 Å². The number of rotatable bonds is 9. The molecule has 0 aliphatic carbocycles. The molecule has 2 atom stereocenters. The molecule has 2 unspecified atom stereocenters. The van der Waals surface area contributed by atoms with E-state index in [2.05, 4.69) is 15.5 Å². The van der Waals surface area contributed by atoms with Crippen molar-refractivity contribution in [1.82, 2.24) is 14.8 Å². The van der Waals surface area contributed by atoms with Crippen LogP contribution < -0.4 is 14.8 Å². The zero-order valence-electron chi connectivity index (χ0n) is 19.1. The van der Waals surface area contributed by atoms with Gasteiger partial charge in [0.1, 0.15) is 11.5 Å². The molecule has 34 heavy (non-hydrogen) atoms. The van der Waals surface area contributed by atoms with Crippen LogP contribution in [0.25, 0.3) is 0 Å². The van der Waals surface area contributed by atoms with Gasteiger partial charge in [0.05, 0.1) is 17.9 Å². The van der Waals surface area contributed by atoms with Crippen LogP contribution in [0.2, 0.25) is 0 Å². The number of alkyl halides is 3. The highest BCUT2D eigenvalue weighted by molar-refractivity contribution is 8.00. The summed E-state index contributed by atoms with van der Waals surface area (Å²) in [5, 5.41) is 11.1. The van der Waals surface area contributed by atoms with Crippen LogP contribution in [0, 0.1) is 0 Å². The van der Waals surface area contributed by atoms with Crippen molar-refractivity contribution in [2.45, 2.75) is 50.0 Å². The minimum Gasteiger partial charge on any atom is -0.497 e. The summed E-state index contributed by atoms with van der Waals surface area (Å²) in [6.07, 6.45) is -4.83. The number of carbonyl (C=O) groups excluding carboxylic acids is 1. The lowest BCUT2D eigenvalue weighted by Crippen LogP contribution is -2.23. The monoisotopic (exact) mass is 494 g/mol. The van der Waals surface area contributed by atoms with Gasteiger partial charge in [-0.2, -0.15) is 13.2 Å². The molecule has 0 radical (unpaired) electrons. The molecule has 3 rings (SSSR count). The molecular weight excluding hydrogens is 469 g/mol. The molecule has 2 aromatic carbocycles. The number of nitrogens with one attached hydrogen (secondary N) is 1. The van der Waals surface area contributed by atoms with Gasteiger partial charge in [-0.15, -0.1) is 10.2 Å². The van der Waals surface area contributed by atoms with Gasteiger partial charge in [-0.3, -0.25) is 4.79 Å². The summed E-state index contributed by atoms with van der Waals surface area (Å²) in [4.78, 5) is 12.6. The number of ether oxygens (including phenoxy) is 2. The maximum atomic E-state index is 12.7. The highest BCUT2D eigenvalue weighted by atomic mass is 32.2. The third kappa shape index (κ3) is 6.22. The number of carbonyl (C=O) groups is 1. The van der Waals surface area contributed by atoms with E-state index in [9.17, 15) is 18.0 Å². The molecule has 1 amide bonds. The fraction of sp³-hybridized carbons (Fsp3) is 0.348. The Kier molecular flexibility index (Phi) is 8.08. The predicted molar refractivity (Wildman–Crippen MR) is 123 cm³/mol. The van der Waals surface area contributed by atoms with E-state index in [1.54, 1.807) is 38.3 Å². The summed E-state index contributed by atoms with van der Waals surface area (Å²) >= 11 is 1.20. The van der Waals surface area contributed by atoms with Crippen LogP contribution in [0.1, 0.15) is 38.3 Å². The summed E-state index contributed by atoms with van der Waals surface area (Å²) < 4.78 is 51.1. The second kappa shape index (κ2) is 10.8. The van der Waals surface area contributed by atoms with E-state index in [0.29, 0.717) is 23.3 Å². The van der Waals surface area contributed by atoms with Gasteiger partial charge in [0.25, 0.3) is 0 Å². The topological polar surface area (TPSA) is 78.3 Å². The Bertz CT molecular complexity index is 1100. The quantitative estimate of drug-likeness (QED) is 0.391. The van der Waals surface area contributed by atoms with E-state index in [1.807, 2.05) is 18.4 Å². The Hall–Kier alpha value is -3.21. The second-order valence-corrected chi connectivity index (χ2v) is 8.65. The molecule has 0 fully saturated rings. The lowest BCUT2D eigenvalue weighted by atomic mass is 10.2. The van der Waals surface area contributed by atoms with Gasteiger partial charge >= 0.3 is 6.18 Å². The van der Waals surface area contributed by atoms with Crippen LogP contribution in [0.3, 0.4) is 0 Å². The number of hydrogen-bond acceptors (Lipinski definition) is 6. The van der Waals surface area contributed by atoms with Gasteiger partial charge in [0, 0.05) is 12.2 Å². The smallest absolute Gasteiger partial charge is 0.416 e. The first-order chi connectivity index (χ1) is 16.1. The molecular formula is C23H25F3N4O3S. The minimum atomic E-state index is -4.43. The SMILES string of the molecule is CCn1c(SC(C)C(=O)Nc2ccc(C(F)(F)F)cc2)nnc1C(C)Oc1ccc(OC)cc1. The van der Waals surface area contributed by atoms with Gasteiger partial charge in [0.2, 0.25) is 5.91 Å². The van der Waals surface area contributed by atoms with Gasteiger partial charge in [-0.05, 0) is 69.3 Å². The first kappa shape index (κ1) is 25.4. The number of methoxy groups -OCH3 is 1. The maximum Gasteiger partial charge on any atom is 0.416 e. The number of amides is 1. The molecule has 0 aliphatic heterocycles. The number of hydrogen-bond donors (Lipinski definition) is 1. The first-order valence-electron chi connectivity index (χ1n) is 10.5. The van der Waals surface area contributed by atoms with Crippen LogP contribution in [0.15, 0.2) is 53.7 Å².